The molecule has 8 heteroatoms. The maximum Gasteiger partial charge on any atom is 0.318 e. The third kappa shape index (κ3) is 6.58. The molecule has 0 saturated heterocycles. The fourth-order valence-corrected chi connectivity index (χ4v) is 3.31. The van der Waals surface area contributed by atoms with Crippen LogP contribution in [0.3, 0.4) is 0 Å². The third-order valence-corrected chi connectivity index (χ3v) is 5.36. The lowest BCUT2D eigenvalue weighted by molar-refractivity contribution is -0.116. The van der Waals surface area contributed by atoms with Crippen LogP contribution in [0, 0.1) is 0 Å². The van der Waals surface area contributed by atoms with Crippen molar-refractivity contribution >= 4 is 29.4 Å². The Labute approximate surface area is 199 Å². The summed E-state index contributed by atoms with van der Waals surface area (Å²) in [7, 11) is 0. The third-order valence-electron chi connectivity index (χ3n) is 5.11. The predicted molar refractivity (Wildman–Crippen MR) is 132 cm³/mol. The molecule has 2 aromatic carbocycles. The maximum atomic E-state index is 12.9. The van der Waals surface area contributed by atoms with Crippen LogP contribution in [0.2, 0.25) is 5.02 Å². The maximum absolute atomic E-state index is 12.9. The number of likely N-dealkylation sites (N-methyl/N-ethyl adjacent to an activating group) is 1. The van der Waals surface area contributed by atoms with Crippen LogP contribution in [-0.4, -0.2) is 39.7 Å². The Hall–Kier alpha value is -3.32. The number of nitrogens with one attached hydrogen (secondary N) is 2. The molecule has 7 nitrogen and oxygen atoms in total. The Bertz CT molecular complexity index is 1090. The second-order valence-electron chi connectivity index (χ2n) is 8.76. The summed E-state index contributed by atoms with van der Waals surface area (Å²) < 4.78 is 1.68. The Kier molecular flexibility index (Phi) is 7.76. The number of carbonyl (C=O) groups excluding carboxylic acids is 2. The normalized spacial score (nSPS) is 11.2. The van der Waals surface area contributed by atoms with E-state index in [1.54, 1.807) is 16.8 Å². The molecule has 0 radical (unpaired) electrons. The highest BCUT2D eigenvalue weighted by molar-refractivity contribution is 6.30. The summed E-state index contributed by atoms with van der Waals surface area (Å²) in [5.74, 6) is 0.232. The zero-order valence-corrected chi connectivity index (χ0v) is 20.2. The summed E-state index contributed by atoms with van der Waals surface area (Å²) in [5.41, 5.74) is 2.40. The monoisotopic (exact) mass is 467 g/mol. The molecule has 0 saturated carbocycles. The van der Waals surface area contributed by atoms with E-state index >= 15 is 0 Å². The van der Waals surface area contributed by atoms with Crippen LogP contribution in [0.15, 0.2) is 60.7 Å². The van der Waals surface area contributed by atoms with Crippen LogP contribution >= 0.6 is 11.6 Å². The van der Waals surface area contributed by atoms with E-state index in [0.29, 0.717) is 23.9 Å². The topological polar surface area (TPSA) is 79.3 Å². The van der Waals surface area contributed by atoms with Crippen LogP contribution < -0.4 is 10.6 Å². The van der Waals surface area contributed by atoms with Crippen molar-refractivity contribution in [1.29, 1.82) is 0 Å². The van der Waals surface area contributed by atoms with Crippen molar-refractivity contribution in [2.45, 2.75) is 39.7 Å². The summed E-state index contributed by atoms with van der Waals surface area (Å²) in [4.78, 5) is 26.9. The number of hydrogen-bond donors (Lipinski definition) is 2. The first kappa shape index (κ1) is 24.3. The number of rotatable bonds is 7. The lowest BCUT2D eigenvalue weighted by Gasteiger charge is -2.21. The van der Waals surface area contributed by atoms with E-state index in [-0.39, 0.29) is 23.9 Å². The van der Waals surface area contributed by atoms with Crippen LogP contribution in [0.5, 0.6) is 0 Å². The molecule has 0 aliphatic heterocycles. The number of carbonyl (C=O) groups is 2. The Morgan fingerprint density at radius 1 is 1.06 bits per heavy atom. The second-order valence-corrected chi connectivity index (χ2v) is 9.20. The summed E-state index contributed by atoms with van der Waals surface area (Å²) in [6.45, 7) is 8.74. The first-order valence-electron chi connectivity index (χ1n) is 10.9. The van der Waals surface area contributed by atoms with Crippen molar-refractivity contribution in [3.8, 4) is 5.69 Å². The smallest absolute Gasteiger partial charge is 0.318 e. The fraction of sp³-hybridized carbons (Fsp3) is 0.320. The molecule has 3 rings (SSSR count). The van der Waals surface area contributed by atoms with Crippen LogP contribution in [-0.2, 0) is 16.8 Å². The number of amides is 3. The minimum Gasteiger partial charge on any atom is -0.334 e. The van der Waals surface area contributed by atoms with Gasteiger partial charge in [-0.15, -0.1) is 0 Å². The number of urea groups is 1. The molecule has 2 N–H and O–H groups in total. The second kappa shape index (κ2) is 10.5. The Balaban J connectivity index is 1.72. The summed E-state index contributed by atoms with van der Waals surface area (Å²) in [5, 5.41) is 11.1. The van der Waals surface area contributed by atoms with Gasteiger partial charge in [0.15, 0.2) is 0 Å². The molecule has 0 fully saturated rings. The van der Waals surface area contributed by atoms with Crippen LogP contribution in [0.4, 0.5) is 10.6 Å². The molecule has 1 aromatic heterocycles. The van der Waals surface area contributed by atoms with Crippen LogP contribution in [0.25, 0.3) is 5.69 Å². The molecule has 0 aliphatic carbocycles. The van der Waals surface area contributed by atoms with Crippen molar-refractivity contribution in [3.63, 3.8) is 0 Å². The quantitative estimate of drug-likeness (QED) is 0.513. The van der Waals surface area contributed by atoms with Crippen molar-refractivity contribution < 1.29 is 9.59 Å². The molecular weight excluding hydrogens is 438 g/mol. The van der Waals surface area contributed by atoms with Crippen molar-refractivity contribution in [2.75, 3.05) is 18.4 Å². The lowest BCUT2D eigenvalue weighted by Crippen LogP contribution is -2.43. The van der Waals surface area contributed by atoms with Gasteiger partial charge in [0.1, 0.15) is 12.4 Å². The van der Waals surface area contributed by atoms with Gasteiger partial charge in [-0.05, 0) is 36.8 Å². The van der Waals surface area contributed by atoms with E-state index in [9.17, 15) is 9.59 Å². The van der Waals surface area contributed by atoms with Gasteiger partial charge in [-0.25, -0.2) is 9.48 Å². The number of hydrogen-bond acceptors (Lipinski definition) is 3. The first-order valence-corrected chi connectivity index (χ1v) is 11.3. The Morgan fingerprint density at radius 3 is 2.33 bits per heavy atom. The molecule has 0 unspecified atom stereocenters. The standard InChI is InChI=1S/C25H30ClN5O2/c1-5-30(24(33)27-16-18-9-7-6-8-10-18)17-23(32)28-22-15-21(25(2,3)4)29-31(22)20-13-11-19(26)12-14-20/h6-15H,5,16-17H2,1-4H3,(H,27,33)(H,28,32). The average molecular weight is 468 g/mol. The molecule has 33 heavy (non-hydrogen) atoms. The van der Waals surface area contributed by atoms with E-state index in [1.165, 1.54) is 4.90 Å². The minimum absolute atomic E-state index is 0.0756. The SMILES string of the molecule is CCN(CC(=O)Nc1cc(C(C)(C)C)nn1-c1ccc(Cl)cc1)C(=O)NCc1ccccc1. The van der Waals surface area contributed by atoms with Gasteiger partial charge in [0, 0.05) is 29.6 Å². The number of anilines is 1. The number of halogens is 1. The van der Waals surface area contributed by atoms with Crippen LogP contribution in [0.1, 0.15) is 39.0 Å². The molecule has 3 aromatic rings. The van der Waals surface area contributed by atoms with Gasteiger partial charge in [-0.3, -0.25) is 4.79 Å². The van der Waals surface area contributed by atoms with E-state index < -0.39 is 0 Å². The fourth-order valence-electron chi connectivity index (χ4n) is 3.18. The average Bonchev–Trinajstić information content (AvgIpc) is 3.21. The van der Waals surface area contributed by atoms with E-state index in [0.717, 1.165) is 16.9 Å². The van der Waals surface area contributed by atoms with Gasteiger partial charge in [-0.2, -0.15) is 5.10 Å². The van der Waals surface area contributed by atoms with Crippen molar-refractivity contribution in [3.05, 3.63) is 76.9 Å². The van der Waals surface area contributed by atoms with Crippen molar-refractivity contribution in [1.82, 2.24) is 20.0 Å². The van der Waals surface area contributed by atoms with Gasteiger partial charge < -0.3 is 15.5 Å². The Morgan fingerprint density at radius 2 is 1.73 bits per heavy atom. The van der Waals surface area contributed by atoms with Crippen molar-refractivity contribution in [2.24, 2.45) is 0 Å². The number of nitrogens with zero attached hydrogens (tertiary/aromatic N) is 3. The number of aromatic nitrogens is 2. The summed E-state index contributed by atoms with van der Waals surface area (Å²) in [6.07, 6.45) is 0. The number of benzene rings is 2. The summed E-state index contributed by atoms with van der Waals surface area (Å²) >= 11 is 6.03. The molecule has 0 bridgehead atoms. The van der Waals surface area contributed by atoms with Gasteiger partial charge >= 0.3 is 6.03 Å². The highest BCUT2D eigenvalue weighted by atomic mass is 35.5. The molecule has 0 spiro atoms. The molecule has 174 valence electrons. The van der Waals surface area contributed by atoms with E-state index in [2.05, 4.69) is 31.4 Å². The van der Waals surface area contributed by atoms with Gasteiger partial charge in [0.2, 0.25) is 5.91 Å². The molecule has 3 amide bonds. The molecule has 0 aliphatic rings. The predicted octanol–water partition coefficient (Wildman–Crippen LogP) is 4.99. The molecule has 1 heterocycles. The zero-order valence-electron chi connectivity index (χ0n) is 19.4. The highest BCUT2D eigenvalue weighted by Crippen LogP contribution is 2.26. The lowest BCUT2D eigenvalue weighted by atomic mass is 9.92. The minimum atomic E-state index is -0.303. The van der Waals surface area contributed by atoms with Gasteiger partial charge in [0.25, 0.3) is 0 Å². The molecule has 0 atom stereocenters. The van der Waals surface area contributed by atoms with Gasteiger partial charge in [0.05, 0.1) is 11.4 Å². The van der Waals surface area contributed by atoms with E-state index in [4.69, 9.17) is 16.7 Å². The highest BCUT2D eigenvalue weighted by Gasteiger charge is 2.22. The van der Waals surface area contributed by atoms with Gasteiger partial charge in [-0.1, -0.05) is 62.7 Å². The first-order chi connectivity index (χ1) is 15.7. The summed E-state index contributed by atoms with van der Waals surface area (Å²) in [6, 6.07) is 18.4. The zero-order chi connectivity index (χ0) is 24.0. The van der Waals surface area contributed by atoms with E-state index in [1.807, 2.05) is 55.5 Å². The molecular formula is C25H30ClN5O2. The largest absolute Gasteiger partial charge is 0.334 e.